The van der Waals surface area contributed by atoms with E-state index in [4.69, 9.17) is 4.74 Å². The second-order valence-corrected chi connectivity index (χ2v) is 5.66. The van der Waals surface area contributed by atoms with Crippen LogP contribution in [-0.2, 0) is 9.53 Å². The van der Waals surface area contributed by atoms with E-state index >= 15 is 0 Å². The zero-order valence-corrected chi connectivity index (χ0v) is 11.4. The van der Waals surface area contributed by atoms with Crippen molar-refractivity contribution in [3.8, 4) is 0 Å². The molecule has 0 spiro atoms. The summed E-state index contributed by atoms with van der Waals surface area (Å²) in [7, 11) is 0. The van der Waals surface area contributed by atoms with Gasteiger partial charge in [-0.3, -0.25) is 4.79 Å². The number of piperidine rings is 1. The smallest absolute Gasteiger partial charge is 0.222 e. The summed E-state index contributed by atoms with van der Waals surface area (Å²) in [5, 5.41) is 6.53. The van der Waals surface area contributed by atoms with Gasteiger partial charge in [0.25, 0.3) is 0 Å². The van der Waals surface area contributed by atoms with Crippen molar-refractivity contribution in [1.82, 2.24) is 10.6 Å². The second-order valence-electron chi connectivity index (χ2n) is 5.66. The van der Waals surface area contributed by atoms with E-state index < -0.39 is 0 Å². The molecule has 2 saturated heterocycles. The van der Waals surface area contributed by atoms with E-state index in [0.717, 1.165) is 32.5 Å². The maximum Gasteiger partial charge on any atom is 0.222 e. The van der Waals surface area contributed by atoms with Gasteiger partial charge in [-0.05, 0) is 58.0 Å². The highest BCUT2D eigenvalue weighted by atomic mass is 16.5. The van der Waals surface area contributed by atoms with Crippen molar-refractivity contribution >= 4 is 5.91 Å². The molecule has 0 radical (unpaired) electrons. The minimum atomic E-state index is 0.149. The third-order valence-corrected chi connectivity index (χ3v) is 4.12. The lowest BCUT2D eigenvalue weighted by atomic mass is 9.92. The third-order valence-electron chi connectivity index (χ3n) is 4.12. The van der Waals surface area contributed by atoms with Crippen molar-refractivity contribution in [2.75, 3.05) is 19.7 Å². The number of hydrogen-bond donors (Lipinski definition) is 2. The summed E-state index contributed by atoms with van der Waals surface area (Å²) in [4.78, 5) is 12.0. The average molecular weight is 254 g/mol. The van der Waals surface area contributed by atoms with Gasteiger partial charge in [0.05, 0.1) is 12.5 Å². The summed E-state index contributed by atoms with van der Waals surface area (Å²) in [6.45, 7) is 5.09. The molecule has 0 aliphatic carbocycles. The number of carbonyl (C=O) groups excluding carboxylic acids is 1. The van der Waals surface area contributed by atoms with E-state index in [1.165, 1.54) is 19.3 Å². The maximum atomic E-state index is 12.0. The van der Waals surface area contributed by atoms with Crippen molar-refractivity contribution in [2.24, 2.45) is 5.92 Å². The average Bonchev–Trinajstić information content (AvgIpc) is 2.40. The van der Waals surface area contributed by atoms with Crippen molar-refractivity contribution < 1.29 is 9.53 Å². The number of ether oxygens (including phenoxy) is 1. The van der Waals surface area contributed by atoms with Crippen LogP contribution in [0.15, 0.2) is 0 Å². The van der Waals surface area contributed by atoms with Crippen LogP contribution in [0.2, 0.25) is 0 Å². The maximum absolute atomic E-state index is 12.0. The highest BCUT2D eigenvalue weighted by Crippen LogP contribution is 2.17. The van der Waals surface area contributed by atoms with Gasteiger partial charge in [-0.15, -0.1) is 0 Å². The van der Waals surface area contributed by atoms with Gasteiger partial charge < -0.3 is 15.4 Å². The van der Waals surface area contributed by atoms with Crippen LogP contribution in [-0.4, -0.2) is 37.7 Å². The van der Waals surface area contributed by atoms with Gasteiger partial charge in [0.2, 0.25) is 5.91 Å². The highest BCUT2D eigenvalue weighted by Gasteiger charge is 2.23. The molecule has 2 rings (SSSR count). The molecular weight excluding hydrogens is 228 g/mol. The fraction of sp³-hybridized carbons (Fsp3) is 0.929. The van der Waals surface area contributed by atoms with Gasteiger partial charge in [0.1, 0.15) is 0 Å². The number of amides is 1. The van der Waals surface area contributed by atoms with Gasteiger partial charge in [0, 0.05) is 12.6 Å². The Morgan fingerprint density at radius 3 is 2.94 bits per heavy atom. The summed E-state index contributed by atoms with van der Waals surface area (Å²) < 4.78 is 5.60. The van der Waals surface area contributed by atoms with Crippen molar-refractivity contribution in [2.45, 2.75) is 57.6 Å². The molecule has 0 aromatic rings. The molecule has 3 unspecified atom stereocenters. The van der Waals surface area contributed by atoms with E-state index in [1.807, 2.05) is 0 Å². The number of nitrogens with one attached hydrogen (secondary N) is 2. The zero-order valence-electron chi connectivity index (χ0n) is 11.4. The van der Waals surface area contributed by atoms with E-state index in [9.17, 15) is 4.79 Å². The second kappa shape index (κ2) is 7.10. The van der Waals surface area contributed by atoms with Crippen LogP contribution in [0, 0.1) is 5.92 Å². The molecule has 18 heavy (non-hydrogen) atoms. The Morgan fingerprint density at radius 2 is 2.28 bits per heavy atom. The van der Waals surface area contributed by atoms with Gasteiger partial charge >= 0.3 is 0 Å². The number of hydrogen-bond acceptors (Lipinski definition) is 3. The molecule has 3 atom stereocenters. The highest BCUT2D eigenvalue weighted by molar-refractivity contribution is 5.76. The van der Waals surface area contributed by atoms with Crippen molar-refractivity contribution in [3.05, 3.63) is 0 Å². The van der Waals surface area contributed by atoms with E-state index in [0.29, 0.717) is 12.3 Å². The summed E-state index contributed by atoms with van der Waals surface area (Å²) in [6.07, 6.45) is 6.49. The molecule has 2 N–H and O–H groups in total. The molecule has 4 heteroatoms. The lowest BCUT2D eigenvalue weighted by molar-refractivity contribution is -0.125. The topological polar surface area (TPSA) is 50.4 Å². The van der Waals surface area contributed by atoms with Crippen LogP contribution in [0.25, 0.3) is 0 Å². The molecule has 2 aliphatic heterocycles. The fourth-order valence-corrected chi connectivity index (χ4v) is 2.91. The fourth-order valence-electron chi connectivity index (χ4n) is 2.91. The third kappa shape index (κ3) is 4.25. The van der Waals surface area contributed by atoms with Crippen LogP contribution >= 0.6 is 0 Å². The van der Waals surface area contributed by atoms with Gasteiger partial charge in [-0.1, -0.05) is 0 Å². The molecule has 1 amide bonds. The molecule has 0 bridgehead atoms. The first kappa shape index (κ1) is 13.8. The lowest BCUT2D eigenvalue weighted by Gasteiger charge is -2.29. The molecule has 2 aliphatic rings. The number of rotatable bonds is 4. The van der Waals surface area contributed by atoms with Crippen LogP contribution in [0.3, 0.4) is 0 Å². The first-order valence-corrected chi connectivity index (χ1v) is 7.37. The molecule has 2 fully saturated rings. The molecule has 0 saturated carbocycles. The molecule has 0 aromatic heterocycles. The van der Waals surface area contributed by atoms with Crippen LogP contribution in [0.5, 0.6) is 0 Å². The predicted octanol–water partition coefficient (Wildman–Crippen LogP) is 1.45. The van der Waals surface area contributed by atoms with E-state index in [2.05, 4.69) is 17.6 Å². The van der Waals surface area contributed by atoms with E-state index in [1.54, 1.807) is 0 Å². The Labute approximate surface area is 110 Å². The Bertz CT molecular complexity index is 259. The lowest BCUT2D eigenvalue weighted by Crippen LogP contribution is -2.45. The predicted molar refractivity (Wildman–Crippen MR) is 71.4 cm³/mol. The standard InChI is InChI=1S/C14H26N2O2/c1-11(12-5-4-7-15-10-12)16-14(17)9-13-6-2-3-8-18-13/h11-13,15H,2-10H2,1H3,(H,16,17). The van der Waals surface area contributed by atoms with Crippen molar-refractivity contribution in [1.29, 1.82) is 0 Å². The Hall–Kier alpha value is -0.610. The Balaban J connectivity index is 1.68. The van der Waals surface area contributed by atoms with Gasteiger partial charge in [0.15, 0.2) is 0 Å². The summed E-state index contributed by atoms with van der Waals surface area (Å²) >= 11 is 0. The summed E-state index contributed by atoms with van der Waals surface area (Å²) in [5.74, 6) is 0.731. The molecule has 104 valence electrons. The molecule has 2 heterocycles. The molecular formula is C14H26N2O2. The Morgan fingerprint density at radius 1 is 1.39 bits per heavy atom. The molecule has 0 aromatic carbocycles. The first-order valence-electron chi connectivity index (χ1n) is 7.37. The summed E-state index contributed by atoms with van der Waals surface area (Å²) in [5.41, 5.74) is 0. The monoisotopic (exact) mass is 254 g/mol. The molecule has 4 nitrogen and oxygen atoms in total. The van der Waals surface area contributed by atoms with Gasteiger partial charge in [-0.2, -0.15) is 0 Å². The normalized spacial score (nSPS) is 30.7. The Kier molecular flexibility index (Phi) is 5.45. The first-order chi connectivity index (χ1) is 8.75. The zero-order chi connectivity index (χ0) is 12.8. The summed E-state index contributed by atoms with van der Waals surface area (Å²) in [6, 6.07) is 0.272. The minimum Gasteiger partial charge on any atom is -0.378 e. The SMILES string of the molecule is CC(NC(=O)CC1CCCCO1)C1CCCNC1. The largest absolute Gasteiger partial charge is 0.378 e. The van der Waals surface area contributed by atoms with Crippen LogP contribution in [0.4, 0.5) is 0 Å². The number of carbonyl (C=O) groups is 1. The minimum absolute atomic E-state index is 0.149. The van der Waals surface area contributed by atoms with Gasteiger partial charge in [-0.25, -0.2) is 0 Å². The van der Waals surface area contributed by atoms with E-state index in [-0.39, 0.29) is 18.1 Å². The van der Waals surface area contributed by atoms with Crippen LogP contribution in [0.1, 0.15) is 45.4 Å². The van der Waals surface area contributed by atoms with Crippen LogP contribution < -0.4 is 10.6 Å². The van der Waals surface area contributed by atoms with Crippen molar-refractivity contribution in [3.63, 3.8) is 0 Å². The quantitative estimate of drug-likeness (QED) is 0.798.